The van der Waals surface area contributed by atoms with Gasteiger partial charge in [0.2, 0.25) is 0 Å². The van der Waals surface area contributed by atoms with Crippen LogP contribution >= 0.6 is 0 Å². The van der Waals surface area contributed by atoms with E-state index in [1.54, 1.807) is 26.4 Å². The zero-order valence-corrected chi connectivity index (χ0v) is 12.0. The van der Waals surface area contributed by atoms with E-state index in [0.29, 0.717) is 6.61 Å². The Kier molecular flexibility index (Phi) is 4.93. The Morgan fingerprint density at radius 3 is 2.45 bits per heavy atom. The first-order valence-electron chi connectivity index (χ1n) is 6.65. The standard InChI is InChI=1S/C16H20O4/c1-11-14(17)8-9-15(16(11)19-3)20-10-12-4-6-13(18-2)7-5-12/h4-9,11,15-16H,10H2,1-3H3/t11-,15-,16+/m1/s1. The van der Waals surface area contributed by atoms with Gasteiger partial charge < -0.3 is 14.2 Å². The molecule has 1 aliphatic rings. The molecule has 0 N–H and O–H groups in total. The summed E-state index contributed by atoms with van der Waals surface area (Å²) in [6.07, 6.45) is 2.93. The van der Waals surface area contributed by atoms with E-state index in [4.69, 9.17) is 14.2 Å². The summed E-state index contributed by atoms with van der Waals surface area (Å²) in [7, 11) is 3.25. The molecule has 1 aliphatic carbocycles. The zero-order chi connectivity index (χ0) is 14.5. The predicted molar refractivity (Wildman–Crippen MR) is 75.7 cm³/mol. The molecule has 1 aromatic rings. The van der Waals surface area contributed by atoms with Crippen LogP contribution in [0, 0.1) is 5.92 Å². The molecule has 0 aromatic heterocycles. The summed E-state index contributed by atoms with van der Waals surface area (Å²) in [5, 5.41) is 0. The van der Waals surface area contributed by atoms with Gasteiger partial charge in [0, 0.05) is 13.0 Å². The van der Waals surface area contributed by atoms with Gasteiger partial charge in [0.1, 0.15) is 11.9 Å². The first kappa shape index (κ1) is 14.8. The monoisotopic (exact) mass is 276 g/mol. The maximum atomic E-state index is 11.6. The van der Waals surface area contributed by atoms with Crippen molar-refractivity contribution in [2.45, 2.75) is 25.7 Å². The van der Waals surface area contributed by atoms with Gasteiger partial charge in [0.05, 0.1) is 19.8 Å². The van der Waals surface area contributed by atoms with E-state index in [1.807, 2.05) is 31.2 Å². The number of carbonyl (C=O) groups is 1. The average Bonchev–Trinajstić information content (AvgIpc) is 2.49. The van der Waals surface area contributed by atoms with Crippen molar-refractivity contribution in [3.05, 3.63) is 42.0 Å². The van der Waals surface area contributed by atoms with E-state index in [2.05, 4.69) is 0 Å². The molecule has 4 nitrogen and oxygen atoms in total. The van der Waals surface area contributed by atoms with Crippen LogP contribution in [0.3, 0.4) is 0 Å². The van der Waals surface area contributed by atoms with Gasteiger partial charge in [0.15, 0.2) is 5.78 Å². The molecule has 0 aliphatic heterocycles. The summed E-state index contributed by atoms with van der Waals surface area (Å²) in [5.41, 5.74) is 1.05. The van der Waals surface area contributed by atoms with Crippen LogP contribution in [0.5, 0.6) is 5.75 Å². The van der Waals surface area contributed by atoms with E-state index in [0.717, 1.165) is 11.3 Å². The van der Waals surface area contributed by atoms with Crippen LogP contribution in [0.4, 0.5) is 0 Å². The molecule has 0 radical (unpaired) electrons. The van der Waals surface area contributed by atoms with E-state index in [9.17, 15) is 4.79 Å². The highest BCUT2D eigenvalue weighted by molar-refractivity contribution is 5.93. The first-order chi connectivity index (χ1) is 9.65. The Balaban J connectivity index is 1.98. The van der Waals surface area contributed by atoms with Gasteiger partial charge in [-0.1, -0.05) is 19.1 Å². The van der Waals surface area contributed by atoms with Gasteiger partial charge in [-0.2, -0.15) is 0 Å². The number of benzene rings is 1. The molecule has 0 heterocycles. The lowest BCUT2D eigenvalue weighted by molar-refractivity contribution is -0.129. The molecule has 0 saturated carbocycles. The molecule has 0 bridgehead atoms. The molecule has 20 heavy (non-hydrogen) atoms. The quantitative estimate of drug-likeness (QED) is 0.828. The maximum Gasteiger partial charge on any atom is 0.160 e. The van der Waals surface area contributed by atoms with Crippen molar-refractivity contribution in [2.75, 3.05) is 14.2 Å². The molecule has 108 valence electrons. The van der Waals surface area contributed by atoms with Crippen molar-refractivity contribution in [3.63, 3.8) is 0 Å². The Hall–Kier alpha value is -1.65. The van der Waals surface area contributed by atoms with Gasteiger partial charge >= 0.3 is 0 Å². The Morgan fingerprint density at radius 2 is 1.85 bits per heavy atom. The lowest BCUT2D eigenvalue weighted by atomic mass is 9.89. The fourth-order valence-electron chi connectivity index (χ4n) is 2.30. The minimum atomic E-state index is -0.231. The maximum absolute atomic E-state index is 11.6. The highest BCUT2D eigenvalue weighted by Gasteiger charge is 2.33. The number of ketones is 1. The van der Waals surface area contributed by atoms with Crippen molar-refractivity contribution >= 4 is 5.78 Å². The van der Waals surface area contributed by atoms with E-state index in [-0.39, 0.29) is 23.9 Å². The van der Waals surface area contributed by atoms with Crippen LogP contribution in [0.25, 0.3) is 0 Å². The molecule has 0 saturated heterocycles. The Morgan fingerprint density at radius 1 is 1.15 bits per heavy atom. The summed E-state index contributed by atoms with van der Waals surface area (Å²) in [4.78, 5) is 11.6. The van der Waals surface area contributed by atoms with Gasteiger partial charge in [-0.25, -0.2) is 0 Å². The fraction of sp³-hybridized carbons (Fsp3) is 0.438. The van der Waals surface area contributed by atoms with Crippen molar-refractivity contribution < 1.29 is 19.0 Å². The van der Waals surface area contributed by atoms with Gasteiger partial charge in [-0.15, -0.1) is 0 Å². The topological polar surface area (TPSA) is 44.8 Å². The molecule has 2 rings (SSSR count). The Labute approximate surface area is 119 Å². The molecular weight excluding hydrogens is 256 g/mol. The average molecular weight is 276 g/mol. The third kappa shape index (κ3) is 3.26. The number of methoxy groups -OCH3 is 2. The minimum Gasteiger partial charge on any atom is -0.497 e. The van der Waals surface area contributed by atoms with Gasteiger partial charge in [-0.3, -0.25) is 4.79 Å². The number of ether oxygens (including phenoxy) is 3. The fourth-order valence-corrected chi connectivity index (χ4v) is 2.30. The second-order valence-corrected chi connectivity index (χ2v) is 4.87. The van der Waals surface area contributed by atoms with Crippen molar-refractivity contribution in [3.8, 4) is 5.75 Å². The van der Waals surface area contributed by atoms with Crippen LogP contribution in [-0.2, 0) is 20.9 Å². The largest absolute Gasteiger partial charge is 0.497 e. The number of carbonyl (C=O) groups excluding carboxylic acids is 1. The first-order valence-corrected chi connectivity index (χ1v) is 6.65. The molecule has 1 aromatic carbocycles. The van der Waals surface area contributed by atoms with Gasteiger partial charge in [0.25, 0.3) is 0 Å². The molecule has 3 atom stereocenters. The van der Waals surface area contributed by atoms with Crippen LogP contribution in [0.15, 0.2) is 36.4 Å². The molecule has 0 spiro atoms. The molecule has 0 amide bonds. The third-order valence-electron chi connectivity index (χ3n) is 3.59. The molecule has 4 heteroatoms. The molecule has 0 fully saturated rings. The van der Waals surface area contributed by atoms with E-state index in [1.165, 1.54) is 0 Å². The number of hydrogen-bond acceptors (Lipinski definition) is 4. The third-order valence-corrected chi connectivity index (χ3v) is 3.59. The number of rotatable bonds is 5. The van der Waals surface area contributed by atoms with Crippen LogP contribution in [0.2, 0.25) is 0 Å². The normalized spacial score (nSPS) is 25.8. The van der Waals surface area contributed by atoms with Gasteiger partial charge in [-0.05, 0) is 29.8 Å². The second-order valence-electron chi connectivity index (χ2n) is 4.87. The highest BCUT2D eigenvalue weighted by atomic mass is 16.5. The van der Waals surface area contributed by atoms with Crippen molar-refractivity contribution in [2.24, 2.45) is 5.92 Å². The molecule has 0 unspecified atom stereocenters. The smallest absolute Gasteiger partial charge is 0.160 e. The van der Waals surface area contributed by atoms with Crippen LogP contribution in [0.1, 0.15) is 12.5 Å². The summed E-state index contributed by atoms with van der Waals surface area (Å²) < 4.78 is 16.4. The van der Waals surface area contributed by atoms with E-state index < -0.39 is 0 Å². The lowest BCUT2D eigenvalue weighted by Gasteiger charge is -2.30. The van der Waals surface area contributed by atoms with Crippen LogP contribution in [-0.4, -0.2) is 32.2 Å². The number of allylic oxidation sites excluding steroid dienone is 1. The summed E-state index contributed by atoms with van der Waals surface area (Å²) >= 11 is 0. The second kappa shape index (κ2) is 6.68. The SMILES string of the molecule is COc1ccc(CO[C@@H]2C=CC(=O)[C@@H](C)[C@@H]2OC)cc1. The van der Waals surface area contributed by atoms with Crippen LogP contribution < -0.4 is 4.74 Å². The highest BCUT2D eigenvalue weighted by Crippen LogP contribution is 2.22. The lowest BCUT2D eigenvalue weighted by Crippen LogP contribution is -2.41. The molecular formula is C16H20O4. The summed E-state index contributed by atoms with van der Waals surface area (Å²) in [6.45, 7) is 2.34. The number of hydrogen-bond donors (Lipinski definition) is 0. The van der Waals surface area contributed by atoms with E-state index >= 15 is 0 Å². The van der Waals surface area contributed by atoms with Crippen molar-refractivity contribution in [1.29, 1.82) is 0 Å². The minimum absolute atomic E-state index is 0.0844. The zero-order valence-electron chi connectivity index (χ0n) is 12.0. The van der Waals surface area contributed by atoms with Crippen molar-refractivity contribution in [1.82, 2.24) is 0 Å². The Bertz CT molecular complexity index is 478. The predicted octanol–water partition coefficient (Wildman–Crippen LogP) is 2.37. The summed E-state index contributed by atoms with van der Waals surface area (Å²) in [5.74, 6) is 0.729. The summed E-state index contributed by atoms with van der Waals surface area (Å²) in [6, 6.07) is 7.72.